The zero-order valence-electron chi connectivity index (χ0n) is 15.7. The second kappa shape index (κ2) is 7.53. The zero-order chi connectivity index (χ0) is 18.3. The Hall–Kier alpha value is -2.65. The Bertz CT molecular complexity index is 1080. The number of benzene rings is 2. The predicted molar refractivity (Wildman–Crippen MR) is 112 cm³/mol. The van der Waals surface area contributed by atoms with Crippen molar-refractivity contribution in [3.8, 4) is 11.3 Å². The van der Waals surface area contributed by atoms with Crippen LogP contribution in [0.15, 0.2) is 60.8 Å². The number of halogens is 2. The lowest BCUT2D eigenvalue weighted by molar-refractivity contribution is 0.626. The molecule has 2 aromatic heterocycles. The molecule has 2 nitrogen and oxygen atoms in total. The lowest BCUT2D eigenvalue weighted by Gasteiger charge is -2.12. The third kappa shape index (κ3) is 3.47. The Labute approximate surface area is 165 Å². The van der Waals surface area contributed by atoms with Crippen molar-refractivity contribution >= 4 is 23.3 Å². The molecular formula is C23H22ClFN2. The van der Waals surface area contributed by atoms with Crippen LogP contribution < -0.4 is 0 Å². The van der Waals surface area contributed by atoms with E-state index >= 15 is 0 Å². The molecule has 0 aliphatic carbocycles. The maximum Gasteiger partial charge on any atom is 0.123 e. The van der Waals surface area contributed by atoms with Gasteiger partial charge in [-0.2, -0.15) is 0 Å². The summed E-state index contributed by atoms with van der Waals surface area (Å²) in [5, 5.41) is 1.22. The molecule has 2 heterocycles. The van der Waals surface area contributed by atoms with Crippen LogP contribution in [-0.4, -0.2) is 9.55 Å². The van der Waals surface area contributed by atoms with E-state index in [1.54, 1.807) is 0 Å². The average Bonchev–Trinajstić information content (AvgIpc) is 2.89. The number of fused-ring (bicyclic) bond motifs is 1. The molecule has 0 amide bonds. The van der Waals surface area contributed by atoms with E-state index < -0.39 is 0 Å². The van der Waals surface area contributed by atoms with Crippen LogP contribution >= 0.6 is 12.4 Å². The highest BCUT2D eigenvalue weighted by Crippen LogP contribution is 2.33. The van der Waals surface area contributed by atoms with Gasteiger partial charge in [-0.25, -0.2) is 4.39 Å². The lowest BCUT2D eigenvalue weighted by Crippen LogP contribution is -2.03. The summed E-state index contributed by atoms with van der Waals surface area (Å²) in [6, 6.07) is 17.3. The van der Waals surface area contributed by atoms with Gasteiger partial charge < -0.3 is 4.57 Å². The maximum absolute atomic E-state index is 13.3. The molecule has 0 saturated heterocycles. The summed E-state index contributed by atoms with van der Waals surface area (Å²) in [6.07, 6.45) is 1.88. The summed E-state index contributed by atoms with van der Waals surface area (Å²) in [4.78, 5) is 4.70. The van der Waals surface area contributed by atoms with Crippen LogP contribution in [0.1, 0.15) is 22.4 Å². The molecule has 2 aromatic carbocycles. The van der Waals surface area contributed by atoms with E-state index in [2.05, 4.69) is 55.7 Å². The van der Waals surface area contributed by atoms with Crippen LogP contribution in [0.4, 0.5) is 4.39 Å². The molecule has 0 unspecified atom stereocenters. The van der Waals surface area contributed by atoms with Crippen molar-refractivity contribution in [3.05, 3.63) is 89.0 Å². The normalized spacial score (nSPS) is 10.8. The third-order valence-corrected chi connectivity index (χ3v) is 5.12. The molecule has 0 fully saturated rings. The first-order valence-electron chi connectivity index (χ1n) is 8.80. The molecule has 0 aliphatic rings. The van der Waals surface area contributed by atoms with Crippen LogP contribution in [0.3, 0.4) is 0 Å². The van der Waals surface area contributed by atoms with Gasteiger partial charge in [0.1, 0.15) is 5.82 Å². The highest BCUT2D eigenvalue weighted by atomic mass is 35.5. The molecular weight excluding hydrogens is 359 g/mol. The van der Waals surface area contributed by atoms with Gasteiger partial charge in [-0.1, -0.05) is 42.0 Å². The first kappa shape index (κ1) is 19.1. The predicted octanol–water partition coefficient (Wildman–Crippen LogP) is 6.24. The average molecular weight is 381 g/mol. The summed E-state index contributed by atoms with van der Waals surface area (Å²) in [5.41, 5.74) is 8.01. The van der Waals surface area contributed by atoms with Crippen molar-refractivity contribution in [1.29, 1.82) is 0 Å². The van der Waals surface area contributed by atoms with Gasteiger partial charge in [0.15, 0.2) is 0 Å². The number of aryl methyl sites for hydroxylation is 2. The second-order valence-electron chi connectivity index (χ2n) is 6.84. The SMILES string of the molecule is Cc1ccc(-c2nccc3c(C)c(C)n(Cc4ccc(F)cc4)c23)cc1.Cl. The number of nitrogens with zero attached hydrogens (tertiary/aromatic N) is 2. The first-order valence-corrected chi connectivity index (χ1v) is 8.80. The van der Waals surface area contributed by atoms with Crippen molar-refractivity contribution < 1.29 is 4.39 Å². The standard InChI is InChI=1S/C23H21FN2.ClH/c1-15-4-8-19(9-5-15)22-23-21(12-13-25-22)16(2)17(3)26(23)14-18-6-10-20(24)11-7-18;/h4-13H,14H2,1-3H3;1H. The largest absolute Gasteiger partial charge is 0.338 e. The topological polar surface area (TPSA) is 17.8 Å². The zero-order valence-corrected chi connectivity index (χ0v) is 16.5. The second-order valence-corrected chi connectivity index (χ2v) is 6.84. The van der Waals surface area contributed by atoms with Gasteiger partial charge in [-0.3, -0.25) is 4.98 Å². The molecule has 4 aromatic rings. The van der Waals surface area contributed by atoms with E-state index in [1.807, 2.05) is 18.3 Å². The summed E-state index contributed by atoms with van der Waals surface area (Å²) in [6.45, 7) is 7.07. The molecule has 4 heteroatoms. The Morgan fingerprint density at radius 1 is 0.889 bits per heavy atom. The lowest BCUT2D eigenvalue weighted by atomic mass is 10.1. The van der Waals surface area contributed by atoms with Gasteiger partial charge in [-0.15, -0.1) is 12.4 Å². The number of rotatable bonds is 3. The van der Waals surface area contributed by atoms with Crippen molar-refractivity contribution in [2.24, 2.45) is 0 Å². The molecule has 4 rings (SSSR count). The summed E-state index contributed by atoms with van der Waals surface area (Å²) in [5.74, 6) is -0.207. The van der Waals surface area contributed by atoms with Gasteiger partial charge in [0.05, 0.1) is 11.2 Å². The molecule has 27 heavy (non-hydrogen) atoms. The fourth-order valence-electron chi connectivity index (χ4n) is 3.49. The monoisotopic (exact) mass is 380 g/mol. The Kier molecular flexibility index (Phi) is 5.33. The molecule has 0 N–H and O–H groups in total. The number of pyridine rings is 1. The number of aromatic nitrogens is 2. The molecule has 0 bridgehead atoms. The highest BCUT2D eigenvalue weighted by molar-refractivity contribution is 5.95. The van der Waals surface area contributed by atoms with Gasteiger partial charge in [0.2, 0.25) is 0 Å². The smallest absolute Gasteiger partial charge is 0.123 e. The molecule has 138 valence electrons. The highest BCUT2D eigenvalue weighted by Gasteiger charge is 2.16. The maximum atomic E-state index is 13.3. The van der Waals surface area contributed by atoms with Gasteiger partial charge in [0, 0.05) is 29.4 Å². The molecule has 0 atom stereocenters. The van der Waals surface area contributed by atoms with Crippen molar-refractivity contribution in [2.75, 3.05) is 0 Å². The minimum Gasteiger partial charge on any atom is -0.338 e. The van der Waals surface area contributed by atoms with E-state index in [-0.39, 0.29) is 18.2 Å². The number of hydrogen-bond donors (Lipinski definition) is 0. The van der Waals surface area contributed by atoms with E-state index in [9.17, 15) is 4.39 Å². The van der Waals surface area contributed by atoms with E-state index in [0.29, 0.717) is 6.54 Å². The third-order valence-electron chi connectivity index (χ3n) is 5.12. The molecule has 0 saturated carbocycles. The van der Waals surface area contributed by atoms with Gasteiger partial charge in [0.25, 0.3) is 0 Å². The first-order chi connectivity index (χ1) is 12.5. The fraction of sp³-hybridized carbons (Fsp3) is 0.174. The van der Waals surface area contributed by atoms with Crippen LogP contribution in [0.25, 0.3) is 22.2 Å². The van der Waals surface area contributed by atoms with E-state index in [1.165, 1.54) is 34.3 Å². The van der Waals surface area contributed by atoms with Gasteiger partial charge >= 0.3 is 0 Å². The van der Waals surface area contributed by atoms with Crippen LogP contribution in [0, 0.1) is 26.6 Å². The van der Waals surface area contributed by atoms with Crippen molar-refractivity contribution in [2.45, 2.75) is 27.3 Å². The Morgan fingerprint density at radius 3 is 2.22 bits per heavy atom. The van der Waals surface area contributed by atoms with Crippen molar-refractivity contribution in [3.63, 3.8) is 0 Å². The minimum atomic E-state index is -0.207. The Balaban J connectivity index is 0.00000210. The summed E-state index contributed by atoms with van der Waals surface area (Å²) in [7, 11) is 0. The quantitative estimate of drug-likeness (QED) is 0.411. The van der Waals surface area contributed by atoms with E-state index in [4.69, 9.17) is 4.98 Å². The summed E-state index contributed by atoms with van der Waals surface area (Å²) < 4.78 is 15.6. The summed E-state index contributed by atoms with van der Waals surface area (Å²) >= 11 is 0. The molecule has 0 radical (unpaired) electrons. The van der Waals surface area contributed by atoms with Crippen LogP contribution in [0.2, 0.25) is 0 Å². The molecule has 0 spiro atoms. The molecule has 0 aliphatic heterocycles. The number of hydrogen-bond acceptors (Lipinski definition) is 1. The van der Waals surface area contributed by atoms with Crippen LogP contribution in [0.5, 0.6) is 0 Å². The minimum absolute atomic E-state index is 0. The van der Waals surface area contributed by atoms with E-state index in [0.717, 1.165) is 22.3 Å². The van der Waals surface area contributed by atoms with Crippen LogP contribution in [-0.2, 0) is 6.54 Å². The van der Waals surface area contributed by atoms with Gasteiger partial charge in [-0.05, 0) is 50.1 Å². The Morgan fingerprint density at radius 2 is 1.56 bits per heavy atom. The van der Waals surface area contributed by atoms with Crippen molar-refractivity contribution in [1.82, 2.24) is 9.55 Å². The fourth-order valence-corrected chi connectivity index (χ4v) is 3.49.